The molecule has 5 heteroatoms. The molecule has 1 aromatic rings. The molecule has 0 atom stereocenters. The Kier molecular flexibility index (Phi) is 6.76. The van der Waals surface area contributed by atoms with Crippen LogP contribution in [0.3, 0.4) is 0 Å². The lowest BCUT2D eigenvalue weighted by atomic mass is 10.3. The Hall–Kier alpha value is -0.510. The maximum absolute atomic E-state index is 6.25. The molecule has 1 heterocycles. The number of rotatable bonds is 7. The lowest BCUT2D eigenvalue weighted by molar-refractivity contribution is 0.400. The van der Waals surface area contributed by atoms with Crippen LogP contribution in [0.5, 0.6) is 0 Å². The molecular formula is C13H21Cl2N3. The van der Waals surface area contributed by atoms with Gasteiger partial charge in [-0.05, 0) is 45.6 Å². The normalized spacial score (nSPS) is 11.0. The van der Waals surface area contributed by atoms with Gasteiger partial charge in [0.2, 0.25) is 0 Å². The van der Waals surface area contributed by atoms with Gasteiger partial charge in [-0.3, -0.25) is 0 Å². The Morgan fingerprint density at radius 3 is 2.50 bits per heavy atom. The summed E-state index contributed by atoms with van der Waals surface area (Å²) in [5.74, 6) is 1.30. The van der Waals surface area contributed by atoms with Gasteiger partial charge in [-0.25, -0.2) is 4.98 Å². The smallest absolute Gasteiger partial charge is 0.147 e. The lowest BCUT2D eigenvalue weighted by Gasteiger charge is -2.24. The highest BCUT2D eigenvalue weighted by molar-refractivity contribution is 6.33. The van der Waals surface area contributed by atoms with Crippen molar-refractivity contribution in [2.75, 3.05) is 38.6 Å². The highest BCUT2D eigenvalue weighted by Crippen LogP contribution is 2.24. The van der Waals surface area contributed by atoms with Gasteiger partial charge in [0.1, 0.15) is 5.82 Å². The molecule has 0 aliphatic heterocycles. The van der Waals surface area contributed by atoms with Gasteiger partial charge in [-0.1, -0.05) is 11.6 Å². The summed E-state index contributed by atoms with van der Waals surface area (Å²) in [6, 6.07) is 1.89. The van der Waals surface area contributed by atoms with Crippen LogP contribution in [0.4, 0.5) is 5.82 Å². The fraction of sp³-hybridized carbons (Fsp3) is 0.615. The quantitative estimate of drug-likeness (QED) is 0.719. The number of anilines is 1. The number of alkyl halides is 1. The molecular weight excluding hydrogens is 269 g/mol. The monoisotopic (exact) mass is 289 g/mol. The van der Waals surface area contributed by atoms with Gasteiger partial charge in [0.05, 0.1) is 5.02 Å². The Labute approximate surface area is 120 Å². The summed E-state index contributed by atoms with van der Waals surface area (Å²) in [6.45, 7) is 5.04. The molecule has 0 radical (unpaired) electrons. The topological polar surface area (TPSA) is 19.4 Å². The van der Waals surface area contributed by atoms with Crippen molar-refractivity contribution in [3.63, 3.8) is 0 Å². The third kappa shape index (κ3) is 4.63. The highest BCUT2D eigenvalue weighted by atomic mass is 35.5. The first-order valence-electron chi connectivity index (χ1n) is 6.18. The Morgan fingerprint density at radius 2 is 2.00 bits per heavy atom. The predicted octanol–water partition coefficient (Wildman–Crippen LogP) is 3.25. The van der Waals surface area contributed by atoms with Crippen LogP contribution >= 0.6 is 23.2 Å². The van der Waals surface area contributed by atoms with Crippen LogP contribution in [0.15, 0.2) is 12.3 Å². The zero-order valence-electron chi connectivity index (χ0n) is 11.3. The number of hydrogen-bond acceptors (Lipinski definition) is 3. The van der Waals surface area contributed by atoms with Gasteiger partial charge in [0.15, 0.2) is 0 Å². The SMILES string of the molecule is CCN(CCCN(C)C)c1ncc(CCl)cc1Cl. The van der Waals surface area contributed by atoms with Crippen LogP contribution in [0.25, 0.3) is 0 Å². The Balaban J connectivity index is 2.69. The maximum Gasteiger partial charge on any atom is 0.147 e. The minimum Gasteiger partial charge on any atom is -0.356 e. The van der Waals surface area contributed by atoms with Crippen molar-refractivity contribution in [2.45, 2.75) is 19.2 Å². The molecule has 0 aliphatic rings. The van der Waals surface area contributed by atoms with E-state index in [4.69, 9.17) is 23.2 Å². The summed E-state index contributed by atoms with van der Waals surface area (Å²) in [5, 5.41) is 0.680. The molecule has 0 saturated heterocycles. The van der Waals surface area contributed by atoms with Gasteiger partial charge < -0.3 is 9.80 Å². The summed E-state index contributed by atoms with van der Waals surface area (Å²) in [5.41, 5.74) is 0.953. The summed E-state index contributed by atoms with van der Waals surface area (Å²) in [7, 11) is 4.16. The second kappa shape index (κ2) is 7.82. The van der Waals surface area contributed by atoms with Gasteiger partial charge in [0.25, 0.3) is 0 Å². The average molecular weight is 290 g/mol. The summed E-state index contributed by atoms with van der Waals surface area (Å²) < 4.78 is 0. The number of hydrogen-bond donors (Lipinski definition) is 0. The van der Waals surface area contributed by atoms with Crippen molar-refractivity contribution in [2.24, 2.45) is 0 Å². The second-order valence-electron chi connectivity index (χ2n) is 4.52. The van der Waals surface area contributed by atoms with Crippen molar-refractivity contribution in [1.82, 2.24) is 9.88 Å². The number of halogens is 2. The molecule has 102 valence electrons. The van der Waals surface area contributed by atoms with Crippen molar-refractivity contribution >= 4 is 29.0 Å². The third-order valence-electron chi connectivity index (χ3n) is 2.75. The van der Waals surface area contributed by atoms with E-state index in [1.165, 1.54) is 0 Å². The van der Waals surface area contributed by atoms with Crippen molar-refractivity contribution < 1.29 is 0 Å². The van der Waals surface area contributed by atoms with E-state index in [9.17, 15) is 0 Å². The van der Waals surface area contributed by atoms with Gasteiger partial charge >= 0.3 is 0 Å². The second-order valence-corrected chi connectivity index (χ2v) is 5.19. The molecule has 1 aromatic heterocycles. The summed E-state index contributed by atoms with van der Waals surface area (Å²) >= 11 is 12.0. The van der Waals surface area contributed by atoms with E-state index < -0.39 is 0 Å². The van der Waals surface area contributed by atoms with Gasteiger partial charge in [0, 0.05) is 25.2 Å². The van der Waals surface area contributed by atoms with Crippen molar-refractivity contribution in [1.29, 1.82) is 0 Å². The van der Waals surface area contributed by atoms with E-state index in [1.54, 1.807) is 6.20 Å². The van der Waals surface area contributed by atoms with Gasteiger partial charge in [-0.15, -0.1) is 11.6 Å². The van der Waals surface area contributed by atoms with E-state index in [0.717, 1.165) is 37.4 Å². The van der Waals surface area contributed by atoms with Crippen LogP contribution in [-0.4, -0.2) is 43.6 Å². The van der Waals surface area contributed by atoms with Crippen LogP contribution in [0.1, 0.15) is 18.9 Å². The van der Waals surface area contributed by atoms with Crippen LogP contribution in [0.2, 0.25) is 5.02 Å². The number of nitrogens with zero attached hydrogens (tertiary/aromatic N) is 3. The average Bonchev–Trinajstić information content (AvgIpc) is 2.35. The lowest BCUT2D eigenvalue weighted by Crippen LogP contribution is -2.28. The van der Waals surface area contributed by atoms with Gasteiger partial charge in [-0.2, -0.15) is 0 Å². The van der Waals surface area contributed by atoms with E-state index in [1.807, 2.05) is 6.07 Å². The summed E-state index contributed by atoms with van der Waals surface area (Å²) in [6.07, 6.45) is 2.89. The fourth-order valence-corrected chi connectivity index (χ4v) is 2.22. The molecule has 0 spiro atoms. The van der Waals surface area contributed by atoms with E-state index in [2.05, 4.69) is 35.8 Å². The number of pyridine rings is 1. The molecule has 0 amide bonds. The zero-order valence-corrected chi connectivity index (χ0v) is 12.8. The first-order valence-corrected chi connectivity index (χ1v) is 7.09. The van der Waals surface area contributed by atoms with Crippen LogP contribution in [-0.2, 0) is 5.88 Å². The first-order chi connectivity index (χ1) is 8.58. The molecule has 18 heavy (non-hydrogen) atoms. The Morgan fingerprint density at radius 1 is 1.28 bits per heavy atom. The van der Waals surface area contributed by atoms with Crippen LogP contribution in [0, 0.1) is 0 Å². The molecule has 0 N–H and O–H groups in total. The fourth-order valence-electron chi connectivity index (χ4n) is 1.77. The molecule has 0 bridgehead atoms. The standard InChI is InChI=1S/C13H21Cl2N3/c1-4-18(7-5-6-17(2)3)13-12(15)8-11(9-14)10-16-13/h8,10H,4-7,9H2,1-3H3. The first kappa shape index (κ1) is 15.5. The molecule has 3 nitrogen and oxygen atoms in total. The number of aromatic nitrogens is 1. The van der Waals surface area contributed by atoms with E-state index in [-0.39, 0.29) is 0 Å². The largest absolute Gasteiger partial charge is 0.356 e. The molecule has 1 rings (SSSR count). The van der Waals surface area contributed by atoms with E-state index in [0.29, 0.717) is 10.9 Å². The molecule has 0 saturated carbocycles. The molecule has 0 unspecified atom stereocenters. The zero-order chi connectivity index (χ0) is 13.5. The Bertz CT molecular complexity index is 369. The predicted molar refractivity (Wildman–Crippen MR) is 79.9 cm³/mol. The minimum absolute atomic E-state index is 0.444. The van der Waals surface area contributed by atoms with E-state index >= 15 is 0 Å². The molecule has 0 aromatic carbocycles. The van der Waals surface area contributed by atoms with Crippen molar-refractivity contribution in [3.8, 4) is 0 Å². The molecule has 0 fully saturated rings. The van der Waals surface area contributed by atoms with Crippen molar-refractivity contribution in [3.05, 3.63) is 22.8 Å². The third-order valence-corrected chi connectivity index (χ3v) is 3.33. The summed E-state index contributed by atoms with van der Waals surface area (Å²) in [4.78, 5) is 8.79. The minimum atomic E-state index is 0.444. The maximum atomic E-state index is 6.25. The van der Waals surface area contributed by atoms with Crippen LogP contribution < -0.4 is 4.90 Å². The molecule has 0 aliphatic carbocycles. The highest BCUT2D eigenvalue weighted by Gasteiger charge is 2.10.